The summed E-state index contributed by atoms with van der Waals surface area (Å²) in [4.78, 5) is 23.0. The van der Waals surface area contributed by atoms with E-state index in [2.05, 4.69) is 0 Å². The molecule has 1 aromatic carbocycles. The second-order valence-corrected chi connectivity index (χ2v) is 5.33. The summed E-state index contributed by atoms with van der Waals surface area (Å²) in [5.74, 6) is -3.63. The molecule has 1 fully saturated rings. The summed E-state index contributed by atoms with van der Waals surface area (Å²) < 4.78 is 0. The van der Waals surface area contributed by atoms with E-state index in [1.807, 2.05) is 0 Å². The molecule has 6 heteroatoms. The number of ketones is 1. The van der Waals surface area contributed by atoms with E-state index < -0.39 is 29.2 Å². The zero-order valence-corrected chi connectivity index (χ0v) is 10.9. The van der Waals surface area contributed by atoms with Gasteiger partial charge in [0.2, 0.25) is 0 Å². The fraction of sp³-hybridized carbons (Fsp3) is 0.333. The van der Waals surface area contributed by atoms with E-state index in [-0.39, 0.29) is 10.6 Å². The van der Waals surface area contributed by atoms with Crippen molar-refractivity contribution in [3.63, 3.8) is 0 Å². The van der Waals surface area contributed by atoms with Crippen molar-refractivity contribution in [2.75, 3.05) is 0 Å². The van der Waals surface area contributed by atoms with Crippen molar-refractivity contribution in [1.29, 1.82) is 0 Å². The van der Waals surface area contributed by atoms with Crippen LogP contribution in [0, 0.1) is 11.8 Å². The summed E-state index contributed by atoms with van der Waals surface area (Å²) in [5, 5.41) is 19.2. The lowest BCUT2D eigenvalue weighted by atomic mass is 10.0. The maximum Gasteiger partial charge on any atom is 0.310 e. The average molecular weight is 289 g/mol. The minimum atomic E-state index is -1.50. The van der Waals surface area contributed by atoms with Crippen molar-refractivity contribution in [2.45, 2.75) is 12.5 Å². The number of aliphatic hydroxyl groups is 1. The molecular weight excluding hydrogens is 279 g/mol. The van der Waals surface area contributed by atoms with E-state index in [1.165, 1.54) is 25.1 Å². The average Bonchev–Trinajstić information content (AvgIpc) is 2.85. The van der Waals surface area contributed by atoms with E-state index in [4.69, 9.17) is 28.3 Å². The highest BCUT2D eigenvalue weighted by Crippen LogP contribution is 2.52. The zero-order chi connectivity index (χ0) is 13.7. The Morgan fingerprint density at radius 2 is 1.83 bits per heavy atom. The predicted molar refractivity (Wildman–Crippen MR) is 66.0 cm³/mol. The van der Waals surface area contributed by atoms with Crippen LogP contribution in [-0.4, -0.2) is 27.6 Å². The van der Waals surface area contributed by atoms with Crippen LogP contribution in [0.25, 0.3) is 0 Å². The molecule has 2 rings (SSSR count). The van der Waals surface area contributed by atoms with Gasteiger partial charge in [-0.15, -0.1) is 0 Å². The molecular formula is C12H10Cl2O4. The van der Waals surface area contributed by atoms with Crippen LogP contribution in [0.5, 0.6) is 0 Å². The van der Waals surface area contributed by atoms with Gasteiger partial charge in [-0.3, -0.25) is 9.59 Å². The Kier molecular flexibility index (Phi) is 3.13. The second kappa shape index (κ2) is 4.23. The first-order chi connectivity index (χ1) is 8.26. The summed E-state index contributed by atoms with van der Waals surface area (Å²) >= 11 is 11.5. The van der Waals surface area contributed by atoms with Crippen LogP contribution in [0.3, 0.4) is 0 Å². The van der Waals surface area contributed by atoms with Crippen molar-refractivity contribution < 1.29 is 19.8 Å². The van der Waals surface area contributed by atoms with Crippen LogP contribution < -0.4 is 0 Å². The molecule has 0 amide bonds. The number of halogens is 2. The SMILES string of the molecule is C[C@@]1(O)C(C(=O)O)[C@@H]1C(=O)c1ccc(Cl)c(Cl)c1. The standard InChI is InChI=1S/C12H10Cl2O4/c1-12(18)8(9(12)11(16)17)10(15)5-2-3-6(13)7(14)4-5/h2-4,8-9,18H,1H3,(H,16,17)/t8-,9?,12+/m1/s1. The Labute approximate surface area is 113 Å². The Hall–Kier alpha value is -1.10. The van der Waals surface area contributed by atoms with Gasteiger partial charge in [0.15, 0.2) is 5.78 Å². The number of carboxylic acid groups (broad SMARTS) is 1. The molecule has 3 atom stereocenters. The first kappa shape index (κ1) is 13.3. The third kappa shape index (κ3) is 2.00. The van der Waals surface area contributed by atoms with Crippen LogP contribution in [0.1, 0.15) is 17.3 Å². The largest absolute Gasteiger partial charge is 0.481 e. The van der Waals surface area contributed by atoms with Crippen molar-refractivity contribution in [2.24, 2.45) is 11.8 Å². The van der Waals surface area contributed by atoms with Gasteiger partial charge < -0.3 is 10.2 Å². The first-order valence-electron chi connectivity index (χ1n) is 5.21. The molecule has 18 heavy (non-hydrogen) atoms. The van der Waals surface area contributed by atoms with Gasteiger partial charge in [-0.25, -0.2) is 0 Å². The second-order valence-electron chi connectivity index (χ2n) is 4.51. The maximum absolute atomic E-state index is 12.1. The minimum absolute atomic E-state index is 0.217. The number of aliphatic carboxylic acids is 1. The molecule has 1 saturated carbocycles. The highest BCUT2D eigenvalue weighted by atomic mass is 35.5. The normalized spacial score (nSPS) is 30.0. The lowest BCUT2D eigenvalue weighted by molar-refractivity contribution is -0.140. The quantitative estimate of drug-likeness (QED) is 0.837. The number of rotatable bonds is 3. The molecule has 0 radical (unpaired) electrons. The molecule has 1 aromatic rings. The van der Waals surface area contributed by atoms with Crippen LogP contribution in [0.2, 0.25) is 10.0 Å². The van der Waals surface area contributed by atoms with Crippen LogP contribution in [0.4, 0.5) is 0 Å². The first-order valence-corrected chi connectivity index (χ1v) is 5.97. The van der Waals surface area contributed by atoms with Gasteiger partial charge in [-0.2, -0.15) is 0 Å². The Morgan fingerprint density at radius 3 is 2.28 bits per heavy atom. The highest BCUT2D eigenvalue weighted by Gasteiger charge is 2.68. The van der Waals surface area contributed by atoms with Gasteiger partial charge in [0.05, 0.1) is 27.5 Å². The Bertz CT molecular complexity index is 539. The summed E-state index contributed by atoms with van der Waals surface area (Å²) in [6.07, 6.45) is 0. The molecule has 0 spiro atoms. The van der Waals surface area contributed by atoms with Crippen molar-refractivity contribution in [3.05, 3.63) is 33.8 Å². The maximum atomic E-state index is 12.1. The summed E-state index contributed by atoms with van der Waals surface area (Å²) in [6, 6.07) is 4.30. The molecule has 1 aliphatic rings. The van der Waals surface area contributed by atoms with Gasteiger partial charge >= 0.3 is 5.97 Å². The fourth-order valence-corrected chi connectivity index (χ4v) is 2.44. The van der Waals surface area contributed by atoms with Crippen LogP contribution >= 0.6 is 23.2 Å². The predicted octanol–water partition coefficient (Wildman–Crippen LogP) is 2.26. The lowest BCUT2D eigenvalue weighted by Crippen LogP contribution is -2.13. The van der Waals surface area contributed by atoms with Gasteiger partial charge in [0.25, 0.3) is 0 Å². The topological polar surface area (TPSA) is 74.6 Å². The summed E-state index contributed by atoms with van der Waals surface area (Å²) in [6.45, 7) is 1.34. The van der Waals surface area contributed by atoms with E-state index >= 15 is 0 Å². The molecule has 96 valence electrons. The monoisotopic (exact) mass is 288 g/mol. The fourth-order valence-electron chi connectivity index (χ4n) is 2.14. The number of benzene rings is 1. The molecule has 4 nitrogen and oxygen atoms in total. The van der Waals surface area contributed by atoms with Crippen molar-refractivity contribution in [3.8, 4) is 0 Å². The Balaban J connectivity index is 2.28. The highest BCUT2D eigenvalue weighted by molar-refractivity contribution is 6.42. The lowest BCUT2D eigenvalue weighted by Gasteiger charge is -2.03. The number of carboxylic acids is 1. The third-order valence-corrected chi connectivity index (χ3v) is 3.98. The number of hydrogen-bond acceptors (Lipinski definition) is 3. The van der Waals surface area contributed by atoms with E-state index in [9.17, 15) is 14.7 Å². The third-order valence-electron chi connectivity index (χ3n) is 3.24. The summed E-state index contributed by atoms with van der Waals surface area (Å²) in [5.41, 5.74) is -1.26. The zero-order valence-electron chi connectivity index (χ0n) is 9.35. The Morgan fingerprint density at radius 1 is 1.22 bits per heavy atom. The van der Waals surface area contributed by atoms with E-state index in [1.54, 1.807) is 0 Å². The number of carbonyl (C=O) groups is 2. The molecule has 0 saturated heterocycles. The molecule has 0 aromatic heterocycles. The smallest absolute Gasteiger partial charge is 0.310 e. The number of hydrogen-bond donors (Lipinski definition) is 2. The molecule has 0 bridgehead atoms. The molecule has 1 unspecified atom stereocenters. The number of Topliss-reactive ketones (excluding diaryl/α,β-unsaturated/α-hetero) is 1. The van der Waals surface area contributed by atoms with E-state index in [0.29, 0.717) is 5.02 Å². The molecule has 0 heterocycles. The van der Waals surface area contributed by atoms with Gasteiger partial charge in [-0.1, -0.05) is 23.2 Å². The summed E-state index contributed by atoms with van der Waals surface area (Å²) in [7, 11) is 0. The minimum Gasteiger partial charge on any atom is -0.481 e. The van der Waals surface area contributed by atoms with E-state index in [0.717, 1.165) is 0 Å². The van der Waals surface area contributed by atoms with Gasteiger partial charge in [0.1, 0.15) is 0 Å². The molecule has 2 N–H and O–H groups in total. The van der Waals surface area contributed by atoms with Gasteiger partial charge in [-0.05, 0) is 25.1 Å². The van der Waals surface area contributed by atoms with Crippen LogP contribution in [0.15, 0.2) is 18.2 Å². The van der Waals surface area contributed by atoms with Crippen molar-refractivity contribution >= 4 is 35.0 Å². The molecule has 0 aliphatic heterocycles. The van der Waals surface area contributed by atoms with Gasteiger partial charge in [0, 0.05) is 5.56 Å². The van der Waals surface area contributed by atoms with Crippen LogP contribution in [-0.2, 0) is 4.79 Å². The van der Waals surface area contributed by atoms with Crippen molar-refractivity contribution in [1.82, 2.24) is 0 Å². The molecule has 1 aliphatic carbocycles. The number of carbonyl (C=O) groups excluding carboxylic acids is 1.